The van der Waals surface area contributed by atoms with Crippen molar-refractivity contribution in [2.45, 2.75) is 0 Å². The van der Waals surface area contributed by atoms with E-state index in [-0.39, 0.29) is 0 Å². The molecule has 0 atom stereocenters. The number of anilines is 3. The zero-order valence-electron chi connectivity index (χ0n) is 23.3. The third-order valence-electron chi connectivity index (χ3n) is 8.69. The van der Waals surface area contributed by atoms with Gasteiger partial charge in [0.1, 0.15) is 22.3 Å². The number of furan rings is 2. The highest BCUT2D eigenvalue weighted by Crippen LogP contribution is 2.44. The Bertz CT molecular complexity index is 2640. The van der Waals surface area contributed by atoms with E-state index < -0.39 is 0 Å². The summed E-state index contributed by atoms with van der Waals surface area (Å²) >= 11 is 1.78. The topological polar surface area (TPSA) is 42.4 Å². The summed E-state index contributed by atoms with van der Waals surface area (Å²) in [5.41, 5.74) is 7.61. The molecule has 0 radical (unpaired) electrons. The fraction of sp³-hybridized carbons (Fsp3) is 0. The monoisotopic (exact) mass is 582 g/mol. The van der Waals surface area contributed by atoms with Crippen LogP contribution in [0.4, 0.5) is 17.1 Å². The highest BCUT2D eigenvalue weighted by molar-refractivity contribution is 7.26. The van der Waals surface area contributed by atoms with Crippen LogP contribution in [0.5, 0.6) is 0 Å². The van der Waals surface area contributed by atoms with Gasteiger partial charge in [0.05, 0.1) is 10.2 Å². The number of thiophene rings is 1. The Morgan fingerprint density at radius 1 is 0.455 bits per heavy atom. The maximum absolute atomic E-state index is 6.33. The molecule has 0 aliphatic rings. The lowest BCUT2D eigenvalue weighted by Gasteiger charge is -2.25. The van der Waals surface area contributed by atoms with Crippen LogP contribution >= 0.6 is 11.3 Å². The molecule has 44 heavy (non-hydrogen) atoms. The minimum Gasteiger partial charge on any atom is -0.456 e. The van der Waals surface area contributed by atoms with Crippen LogP contribution in [0.1, 0.15) is 0 Å². The summed E-state index contributed by atoms with van der Waals surface area (Å²) in [6.07, 6.45) is 2.00. The van der Waals surface area contributed by atoms with E-state index >= 15 is 0 Å². The van der Waals surface area contributed by atoms with Gasteiger partial charge in [-0.3, -0.25) is 4.98 Å². The molecule has 10 aromatic rings. The quantitative estimate of drug-likeness (QED) is 0.208. The summed E-state index contributed by atoms with van der Waals surface area (Å²) in [6, 6.07) is 44.5. The van der Waals surface area contributed by atoms with Crippen LogP contribution in [0.2, 0.25) is 0 Å². The number of hydrogen-bond donors (Lipinski definition) is 0. The summed E-state index contributed by atoms with van der Waals surface area (Å²) in [5.74, 6) is 0. The molecule has 6 aromatic carbocycles. The number of hydrogen-bond acceptors (Lipinski definition) is 5. The van der Waals surface area contributed by atoms with Gasteiger partial charge in [-0.2, -0.15) is 0 Å². The van der Waals surface area contributed by atoms with E-state index in [0.717, 1.165) is 66.5 Å². The van der Waals surface area contributed by atoms with E-state index in [0.29, 0.717) is 0 Å². The van der Waals surface area contributed by atoms with Crippen molar-refractivity contribution in [3.8, 4) is 0 Å². The third-order valence-corrected chi connectivity index (χ3v) is 9.78. The summed E-state index contributed by atoms with van der Waals surface area (Å²) in [4.78, 5) is 7.02. The molecule has 0 saturated heterocycles. The van der Waals surface area contributed by atoms with Crippen molar-refractivity contribution in [2.75, 3.05) is 4.90 Å². The first-order valence-electron chi connectivity index (χ1n) is 14.6. The first-order chi connectivity index (χ1) is 21.8. The van der Waals surface area contributed by atoms with Gasteiger partial charge in [-0.1, -0.05) is 60.7 Å². The molecule has 0 N–H and O–H groups in total. The molecule has 4 nitrogen and oxygen atoms in total. The molecule has 0 fully saturated rings. The van der Waals surface area contributed by atoms with Crippen molar-refractivity contribution in [3.63, 3.8) is 0 Å². The molecule has 0 aliphatic heterocycles. The fourth-order valence-corrected chi connectivity index (χ4v) is 7.82. The Morgan fingerprint density at radius 3 is 1.64 bits per heavy atom. The first-order valence-corrected chi connectivity index (χ1v) is 15.4. The highest BCUT2D eigenvalue weighted by atomic mass is 32.1. The predicted octanol–water partition coefficient (Wildman–Crippen LogP) is 11.9. The fourth-order valence-electron chi connectivity index (χ4n) is 6.69. The second-order valence-corrected chi connectivity index (χ2v) is 12.3. The molecule has 5 heteroatoms. The number of rotatable bonds is 3. The number of benzene rings is 6. The van der Waals surface area contributed by atoms with Gasteiger partial charge in [0, 0.05) is 77.8 Å². The summed E-state index contributed by atoms with van der Waals surface area (Å²) in [7, 11) is 0. The molecule has 0 saturated carbocycles. The van der Waals surface area contributed by atoms with E-state index in [4.69, 9.17) is 13.8 Å². The smallest absolute Gasteiger partial charge is 0.137 e. The van der Waals surface area contributed by atoms with Crippen molar-refractivity contribution in [2.24, 2.45) is 0 Å². The van der Waals surface area contributed by atoms with Gasteiger partial charge in [0.15, 0.2) is 0 Å². The number of aromatic nitrogens is 1. The summed E-state index contributed by atoms with van der Waals surface area (Å²) < 4.78 is 15.1. The molecule has 206 valence electrons. The number of fused-ring (bicyclic) bond motifs is 11. The molecule has 4 aromatic heterocycles. The van der Waals surface area contributed by atoms with E-state index in [1.54, 1.807) is 11.3 Å². The standard InChI is InChI=1S/C39H22N2O2S/c1-4-10-32-30(9-1)39-31-18-15-25(21-37(31)44-38(39)22-40-32)41(23-13-16-28-26-7-2-5-11-33(26)42-35(28)19-23)24-14-17-29-27-8-3-6-12-34(27)43-36(29)20-24/h1-22H. The van der Waals surface area contributed by atoms with Crippen molar-refractivity contribution in [1.29, 1.82) is 0 Å². The van der Waals surface area contributed by atoms with Crippen LogP contribution in [-0.2, 0) is 0 Å². The Balaban J connectivity index is 1.21. The molecule has 0 unspecified atom stereocenters. The van der Waals surface area contributed by atoms with Crippen molar-refractivity contribution in [1.82, 2.24) is 4.98 Å². The third kappa shape index (κ3) is 3.41. The van der Waals surface area contributed by atoms with E-state index in [1.807, 2.05) is 36.5 Å². The second-order valence-electron chi connectivity index (χ2n) is 11.2. The molecule has 10 rings (SSSR count). The molecular formula is C39H22N2O2S. The molecule has 4 heterocycles. The van der Waals surface area contributed by atoms with Crippen molar-refractivity contribution in [3.05, 3.63) is 134 Å². The zero-order chi connectivity index (χ0) is 28.8. The SMILES string of the molecule is c1ccc2c(c1)ncc1sc3cc(N(c4ccc5c(c4)oc4ccccc45)c4ccc5c(c4)oc4ccccc45)ccc3c12. The van der Waals surface area contributed by atoms with Crippen molar-refractivity contribution < 1.29 is 8.83 Å². The maximum atomic E-state index is 6.33. The van der Waals surface area contributed by atoms with Gasteiger partial charge in [-0.25, -0.2) is 0 Å². The molecular weight excluding hydrogens is 561 g/mol. The van der Waals surface area contributed by atoms with Crippen LogP contribution in [0.15, 0.2) is 142 Å². The lowest BCUT2D eigenvalue weighted by molar-refractivity contribution is 0.669. The molecule has 0 amide bonds. The number of pyridine rings is 1. The van der Waals surface area contributed by atoms with Gasteiger partial charge >= 0.3 is 0 Å². The number of nitrogens with zero attached hydrogens (tertiary/aromatic N) is 2. The van der Waals surface area contributed by atoms with Crippen LogP contribution < -0.4 is 4.90 Å². The second kappa shape index (κ2) is 8.93. The normalized spacial score (nSPS) is 12.1. The Hall–Kier alpha value is -5.65. The maximum Gasteiger partial charge on any atom is 0.137 e. The highest BCUT2D eigenvalue weighted by Gasteiger charge is 2.19. The van der Waals surface area contributed by atoms with Crippen LogP contribution in [0.3, 0.4) is 0 Å². The van der Waals surface area contributed by atoms with Gasteiger partial charge in [0.2, 0.25) is 0 Å². The van der Waals surface area contributed by atoms with Gasteiger partial charge in [-0.15, -0.1) is 11.3 Å². The molecule has 0 aliphatic carbocycles. The minimum atomic E-state index is 0.860. The van der Waals surface area contributed by atoms with Gasteiger partial charge in [-0.05, 0) is 54.6 Å². The Kier molecular flexibility index (Phi) is 4.84. The van der Waals surface area contributed by atoms with Crippen LogP contribution in [-0.4, -0.2) is 4.98 Å². The molecule has 0 spiro atoms. The summed E-state index contributed by atoms with van der Waals surface area (Å²) in [5, 5.41) is 8.15. The molecule has 0 bridgehead atoms. The van der Waals surface area contributed by atoms with E-state index in [9.17, 15) is 0 Å². The lowest BCUT2D eigenvalue weighted by atomic mass is 10.1. The predicted molar refractivity (Wildman–Crippen MR) is 184 cm³/mol. The number of para-hydroxylation sites is 3. The van der Waals surface area contributed by atoms with Crippen molar-refractivity contribution >= 4 is 103 Å². The lowest BCUT2D eigenvalue weighted by Crippen LogP contribution is -2.09. The average molecular weight is 583 g/mol. The Morgan fingerprint density at radius 2 is 0.977 bits per heavy atom. The van der Waals surface area contributed by atoms with Gasteiger partial charge < -0.3 is 13.7 Å². The average Bonchev–Trinajstić information content (AvgIpc) is 3.75. The first kappa shape index (κ1) is 23.9. The van der Waals surface area contributed by atoms with Gasteiger partial charge in [0.25, 0.3) is 0 Å². The minimum absolute atomic E-state index is 0.860. The van der Waals surface area contributed by atoms with Crippen LogP contribution in [0, 0.1) is 0 Å². The largest absolute Gasteiger partial charge is 0.456 e. The zero-order valence-corrected chi connectivity index (χ0v) is 24.1. The van der Waals surface area contributed by atoms with E-state index in [1.165, 1.54) is 25.6 Å². The summed E-state index contributed by atoms with van der Waals surface area (Å²) in [6.45, 7) is 0. The van der Waals surface area contributed by atoms with E-state index in [2.05, 4.69) is 102 Å². The Labute approximate surface area is 255 Å². The van der Waals surface area contributed by atoms with Crippen LogP contribution in [0.25, 0.3) is 75.0 Å².